The van der Waals surface area contributed by atoms with Gasteiger partial charge in [-0.15, -0.1) is 0 Å². The van der Waals surface area contributed by atoms with Gasteiger partial charge >= 0.3 is 6.03 Å². The summed E-state index contributed by atoms with van der Waals surface area (Å²) in [6.07, 6.45) is 1.49. The highest BCUT2D eigenvalue weighted by Gasteiger charge is 1.98. The van der Waals surface area contributed by atoms with E-state index in [9.17, 15) is 4.79 Å². The van der Waals surface area contributed by atoms with E-state index in [0.29, 0.717) is 17.4 Å². The normalized spacial score (nSPS) is 10.5. The summed E-state index contributed by atoms with van der Waals surface area (Å²) in [5, 5.41) is 4.38. The van der Waals surface area contributed by atoms with Crippen molar-refractivity contribution in [3.05, 3.63) is 64.7 Å². The summed E-state index contributed by atoms with van der Waals surface area (Å²) in [6, 6.07) is 14.1. The van der Waals surface area contributed by atoms with E-state index in [-0.39, 0.29) is 0 Å². The van der Waals surface area contributed by atoms with Crippen LogP contribution in [0.3, 0.4) is 0 Å². The molecule has 0 aliphatic carbocycles. The SMILES string of the molecule is NC(=O)N/N=C/c1cccc(OCc2ccc(Cl)cc2)c1. The molecule has 2 rings (SSSR count). The Kier molecular flexibility index (Phi) is 5.17. The fraction of sp³-hybridized carbons (Fsp3) is 0.0667. The highest BCUT2D eigenvalue weighted by molar-refractivity contribution is 6.30. The Bertz CT molecular complexity index is 642. The van der Waals surface area contributed by atoms with Crippen LogP contribution in [0.15, 0.2) is 53.6 Å². The van der Waals surface area contributed by atoms with Gasteiger partial charge in [-0.25, -0.2) is 10.2 Å². The zero-order valence-electron chi connectivity index (χ0n) is 11.1. The zero-order valence-corrected chi connectivity index (χ0v) is 11.9. The highest BCUT2D eigenvalue weighted by atomic mass is 35.5. The number of carbonyl (C=O) groups excluding carboxylic acids is 1. The number of ether oxygens (including phenoxy) is 1. The second kappa shape index (κ2) is 7.31. The Morgan fingerprint density at radius 1 is 1.29 bits per heavy atom. The molecule has 2 amide bonds. The number of halogens is 1. The third kappa shape index (κ3) is 5.16. The van der Waals surface area contributed by atoms with Crippen molar-refractivity contribution in [2.45, 2.75) is 6.61 Å². The van der Waals surface area contributed by atoms with E-state index in [1.54, 1.807) is 0 Å². The Balaban J connectivity index is 1.96. The number of urea groups is 1. The van der Waals surface area contributed by atoms with Crippen LogP contribution in [0.1, 0.15) is 11.1 Å². The van der Waals surface area contributed by atoms with Crippen molar-refractivity contribution in [3.63, 3.8) is 0 Å². The zero-order chi connectivity index (χ0) is 15.1. The van der Waals surface area contributed by atoms with Gasteiger partial charge in [0.25, 0.3) is 0 Å². The molecule has 108 valence electrons. The Morgan fingerprint density at radius 2 is 2.05 bits per heavy atom. The van der Waals surface area contributed by atoms with Gasteiger partial charge < -0.3 is 10.5 Å². The lowest BCUT2D eigenvalue weighted by molar-refractivity contribution is 0.249. The van der Waals surface area contributed by atoms with Crippen molar-refractivity contribution < 1.29 is 9.53 Å². The summed E-state index contributed by atoms with van der Waals surface area (Å²) < 4.78 is 5.68. The van der Waals surface area contributed by atoms with Crippen molar-refractivity contribution >= 4 is 23.8 Å². The predicted molar refractivity (Wildman–Crippen MR) is 82.5 cm³/mol. The fourth-order valence-corrected chi connectivity index (χ4v) is 1.73. The van der Waals surface area contributed by atoms with Crippen molar-refractivity contribution in [3.8, 4) is 5.75 Å². The maximum atomic E-state index is 10.5. The minimum Gasteiger partial charge on any atom is -0.489 e. The first-order chi connectivity index (χ1) is 10.1. The maximum absolute atomic E-state index is 10.5. The molecule has 0 aliphatic heterocycles. The van der Waals surface area contributed by atoms with Gasteiger partial charge in [-0.05, 0) is 35.4 Å². The van der Waals surface area contributed by atoms with Crippen LogP contribution in [0.2, 0.25) is 5.02 Å². The molecule has 0 unspecified atom stereocenters. The first kappa shape index (κ1) is 14.9. The largest absolute Gasteiger partial charge is 0.489 e. The van der Waals surface area contributed by atoms with Gasteiger partial charge in [0.05, 0.1) is 6.21 Å². The topological polar surface area (TPSA) is 76.7 Å². The molecule has 0 heterocycles. The van der Waals surface area contributed by atoms with Gasteiger partial charge in [-0.1, -0.05) is 35.9 Å². The summed E-state index contributed by atoms with van der Waals surface area (Å²) >= 11 is 5.83. The van der Waals surface area contributed by atoms with E-state index >= 15 is 0 Å². The molecule has 5 nitrogen and oxygen atoms in total. The Morgan fingerprint density at radius 3 is 2.76 bits per heavy atom. The lowest BCUT2D eigenvalue weighted by Gasteiger charge is -2.07. The third-order valence-corrected chi connectivity index (χ3v) is 2.82. The molecule has 2 aromatic rings. The molecule has 0 saturated heterocycles. The van der Waals surface area contributed by atoms with E-state index in [1.807, 2.05) is 48.5 Å². The predicted octanol–water partition coefficient (Wildman–Crippen LogP) is 2.92. The average molecular weight is 304 g/mol. The number of primary amides is 1. The molecule has 0 spiro atoms. The monoisotopic (exact) mass is 303 g/mol. The highest BCUT2D eigenvalue weighted by Crippen LogP contribution is 2.15. The number of nitrogens with one attached hydrogen (secondary N) is 1. The van der Waals surface area contributed by atoms with Gasteiger partial charge in [0, 0.05) is 5.02 Å². The summed E-state index contributed by atoms with van der Waals surface area (Å²) in [5.74, 6) is 0.702. The van der Waals surface area contributed by atoms with Crippen LogP contribution >= 0.6 is 11.6 Å². The van der Waals surface area contributed by atoms with Gasteiger partial charge in [0.2, 0.25) is 0 Å². The fourth-order valence-electron chi connectivity index (χ4n) is 1.60. The first-order valence-corrected chi connectivity index (χ1v) is 6.57. The number of benzene rings is 2. The number of amides is 2. The van der Waals surface area contributed by atoms with Gasteiger partial charge in [0.15, 0.2) is 0 Å². The number of nitrogens with zero attached hydrogens (tertiary/aromatic N) is 1. The molecule has 6 heteroatoms. The van der Waals surface area contributed by atoms with Gasteiger partial charge in [-0.2, -0.15) is 5.10 Å². The minimum absolute atomic E-state index is 0.442. The molecule has 3 N–H and O–H groups in total. The van der Waals surface area contributed by atoms with Crippen LogP contribution in [0.25, 0.3) is 0 Å². The summed E-state index contributed by atoms with van der Waals surface area (Å²) in [5.41, 5.74) is 8.85. The first-order valence-electron chi connectivity index (χ1n) is 6.19. The minimum atomic E-state index is -0.707. The van der Waals surface area contributed by atoms with Crippen LogP contribution in [-0.4, -0.2) is 12.2 Å². The van der Waals surface area contributed by atoms with Crippen molar-refractivity contribution in [1.82, 2.24) is 5.43 Å². The molecule has 0 aliphatic rings. The molecule has 0 bridgehead atoms. The standard InChI is InChI=1S/C15H14ClN3O2/c16-13-6-4-11(5-7-13)10-21-14-3-1-2-12(8-14)9-18-19-15(17)20/h1-9H,10H2,(H3,17,19,20)/b18-9+. The molecule has 0 radical (unpaired) electrons. The quantitative estimate of drug-likeness (QED) is 0.658. The molecule has 0 fully saturated rings. The molecule has 21 heavy (non-hydrogen) atoms. The van der Waals surface area contributed by atoms with E-state index < -0.39 is 6.03 Å². The van der Waals surface area contributed by atoms with E-state index in [0.717, 1.165) is 11.1 Å². The Labute approximate surface area is 127 Å². The van der Waals surface area contributed by atoms with Gasteiger partial charge in [0.1, 0.15) is 12.4 Å². The third-order valence-electron chi connectivity index (χ3n) is 2.57. The molecule has 0 saturated carbocycles. The van der Waals surface area contributed by atoms with E-state index in [1.165, 1.54) is 6.21 Å². The second-order valence-corrected chi connectivity index (χ2v) is 4.66. The van der Waals surface area contributed by atoms with Crippen molar-refractivity contribution in [1.29, 1.82) is 0 Å². The summed E-state index contributed by atoms with van der Waals surface area (Å²) in [6.45, 7) is 0.442. The van der Waals surface area contributed by atoms with Crippen molar-refractivity contribution in [2.75, 3.05) is 0 Å². The Hall–Kier alpha value is -2.53. The number of hydrogen-bond donors (Lipinski definition) is 2. The maximum Gasteiger partial charge on any atom is 0.332 e. The van der Waals surface area contributed by atoms with Crippen LogP contribution < -0.4 is 15.9 Å². The molecular formula is C15H14ClN3O2. The number of nitrogens with two attached hydrogens (primary N) is 1. The summed E-state index contributed by atoms with van der Waals surface area (Å²) in [7, 11) is 0. The number of hydrogen-bond acceptors (Lipinski definition) is 3. The van der Waals surface area contributed by atoms with Crippen LogP contribution in [-0.2, 0) is 6.61 Å². The molecule has 0 atom stereocenters. The lowest BCUT2D eigenvalue weighted by Crippen LogP contribution is -2.24. The lowest BCUT2D eigenvalue weighted by atomic mass is 10.2. The van der Waals surface area contributed by atoms with Crippen molar-refractivity contribution in [2.24, 2.45) is 10.8 Å². The summed E-state index contributed by atoms with van der Waals surface area (Å²) in [4.78, 5) is 10.5. The average Bonchev–Trinajstić information content (AvgIpc) is 2.47. The molecule has 2 aromatic carbocycles. The number of hydrazone groups is 1. The second-order valence-electron chi connectivity index (χ2n) is 4.22. The number of rotatable bonds is 5. The van der Waals surface area contributed by atoms with Crippen LogP contribution in [0.4, 0.5) is 4.79 Å². The van der Waals surface area contributed by atoms with Crippen LogP contribution in [0.5, 0.6) is 5.75 Å². The van der Waals surface area contributed by atoms with E-state index in [4.69, 9.17) is 22.1 Å². The smallest absolute Gasteiger partial charge is 0.332 e. The van der Waals surface area contributed by atoms with Crippen LogP contribution in [0, 0.1) is 0 Å². The van der Waals surface area contributed by atoms with Gasteiger partial charge in [-0.3, -0.25) is 0 Å². The molecular weight excluding hydrogens is 290 g/mol. The van der Waals surface area contributed by atoms with E-state index in [2.05, 4.69) is 10.5 Å². The molecule has 0 aromatic heterocycles. The number of carbonyl (C=O) groups is 1.